The molecular weight excluding hydrogens is 444 g/mol. The summed E-state index contributed by atoms with van der Waals surface area (Å²) in [5.74, 6) is -0.278. The van der Waals surface area contributed by atoms with Crippen LogP contribution in [0.5, 0.6) is 0 Å². The Bertz CT molecular complexity index is 872. The molecule has 1 fully saturated rings. The van der Waals surface area contributed by atoms with E-state index in [1.54, 1.807) is 21.9 Å². The molecule has 3 rings (SSSR count). The normalized spacial score (nSPS) is 18.5. The first-order valence-corrected chi connectivity index (χ1v) is 11.9. The Hall–Kier alpha value is -2.16. The summed E-state index contributed by atoms with van der Waals surface area (Å²) in [6.45, 7) is 9.79. The molecule has 0 saturated carbocycles. The highest BCUT2D eigenvalue weighted by molar-refractivity contribution is 6.31. The molecular formula is C24H35ClN4O4. The lowest BCUT2D eigenvalue weighted by Gasteiger charge is -2.40. The summed E-state index contributed by atoms with van der Waals surface area (Å²) >= 11 is 6.32. The molecule has 0 N–H and O–H groups in total. The van der Waals surface area contributed by atoms with Gasteiger partial charge < -0.3 is 19.4 Å². The van der Waals surface area contributed by atoms with Crippen molar-refractivity contribution in [3.63, 3.8) is 0 Å². The Morgan fingerprint density at radius 1 is 1.09 bits per heavy atom. The molecule has 2 aliphatic heterocycles. The highest BCUT2D eigenvalue weighted by Gasteiger charge is 2.37. The first kappa shape index (κ1) is 25.5. The van der Waals surface area contributed by atoms with Crippen molar-refractivity contribution in [1.29, 1.82) is 0 Å². The Labute approximate surface area is 201 Å². The van der Waals surface area contributed by atoms with Gasteiger partial charge in [0.05, 0.1) is 11.6 Å². The Kier molecular flexibility index (Phi) is 8.73. The van der Waals surface area contributed by atoms with Crippen LogP contribution in [-0.2, 0) is 25.7 Å². The second-order valence-corrected chi connectivity index (χ2v) is 9.55. The summed E-state index contributed by atoms with van der Waals surface area (Å²) in [5.41, 5.74) is 1.59. The van der Waals surface area contributed by atoms with Crippen LogP contribution < -0.4 is 4.90 Å². The van der Waals surface area contributed by atoms with Crippen molar-refractivity contribution < 1.29 is 19.1 Å². The average Bonchev–Trinajstić information content (AvgIpc) is 2.74. The van der Waals surface area contributed by atoms with Gasteiger partial charge in [0, 0.05) is 70.9 Å². The fourth-order valence-electron chi connectivity index (χ4n) is 4.44. The zero-order chi connectivity index (χ0) is 24.1. The van der Waals surface area contributed by atoms with Crippen LogP contribution in [0.3, 0.4) is 0 Å². The molecule has 1 aromatic carbocycles. The van der Waals surface area contributed by atoms with Gasteiger partial charge in [0.25, 0.3) is 5.91 Å². The molecule has 0 unspecified atom stereocenters. The van der Waals surface area contributed by atoms with Crippen LogP contribution in [-0.4, -0.2) is 91.4 Å². The zero-order valence-corrected chi connectivity index (χ0v) is 20.8. The Morgan fingerprint density at radius 3 is 2.45 bits per heavy atom. The molecule has 0 aromatic heterocycles. The van der Waals surface area contributed by atoms with E-state index in [1.807, 2.05) is 11.0 Å². The number of halogens is 1. The maximum Gasteiger partial charge on any atom is 0.252 e. The predicted octanol–water partition coefficient (Wildman–Crippen LogP) is 2.24. The third kappa shape index (κ3) is 6.25. The van der Waals surface area contributed by atoms with Crippen LogP contribution in [0.4, 0.5) is 5.69 Å². The first-order chi connectivity index (χ1) is 15.7. The Morgan fingerprint density at radius 2 is 1.82 bits per heavy atom. The van der Waals surface area contributed by atoms with Crippen molar-refractivity contribution in [2.24, 2.45) is 5.92 Å². The standard InChI is InChI=1S/C24H35ClN4O4/c1-17(2)26-8-5-9-29(23(31)16-33-4)22-12-21(25)7-6-19(22)13-27(11-10-26)24(32)20-14-28(15-20)18(3)30/h6-7,12,17,20H,5,8-11,13-16H2,1-4H3. The van der Waals surface area contributed by atoms with Gasteiger partial charge in [-0.1, -0.05) is 17.7 Å². The van der Waals surface area contributed by atoms with Crippen LogP contribution in [0, 0.1) is 5.92 Å². The minimum absolute atomic E-state index is 0.00485. The summed E-state index contributed by atoms with van der Waals surface area (Å²) < 4.78 is 5.13. The number of methoxy groups -OCH3 is 1. The van der Waals surface area contributed by atoms with Crippen molar-refractivity contribution in [2.75, 3.05) is 57.9 Å². The fraction of sp³-hybridized carbons (Fsp3) is 0.625. The number of carbonyl (C=O) groups is 3. The van der Waals surface area contributed by atoms with Gasteiger partial charge in [-0.2, -0.15) is 0 Å². The van der Waals surface area contributed by atoms with Gasteiger partial charge in [0.1, 0.15) is 6.61 Å². The summed E-state index contributed by atoms with van der Waals surface area (Å²) in [5, 5.41) is 0.539. The molecule has 1 aromatic rings. The van der Waals surface area contributed by atoms with Gasteiger partial charge in [-0.15, -0.1) is 0 Å². The highest BCUT2D eigenvalue weighted by atomic mass is 35.5. The number of anilines is 1. The number of amides is 3. The first-order valence-electron chi connectivity index (χ1n) is 11.6. The Balaban J connectivity index is 1.93. The van der Waals surface area contributed by atoms with Gasteiger partial charge in [0.15, 0.2) is 0 Å². The molecule has 33 heavy (non-hydrogen) atoms. The molecule has 1 saturated heterocycles. The predicted molar refractivity (Wildman–Crippen MR) is 128 cm³/mol. The molecule has 2 heterocycles. The third-order valence-corrected chi connectivity index (χ3v) is 6.71. The molecule has 9 heteroatoms. The van der Waals surface area contributed by atoms with Crippen molar-refractivity contribution >= 4 is 35.0 Å². The number of likely N-dealkylation sites (tertiary alicyclic amines) is 1. The van der Waals surface area contributed by atoms with Crippen LogP contribution in [0.2, 0.25) is 5.02 Å². The SMILES string of the molecule is COCC(=O)N1CCCN(C(C)C)CCN(C(=O)C2CN(C(C)=O)C2)Cc2ccc(Cl)cc21. The summed E-state index contributed by atoms with van der Waals surface area (Å²) in [6, 6.07) is 5.81. The van der Waals surface area contributed by atoms with Gasteiger partial charge in [-0.3, -0.25) is 19.3 Å². The van der Waals surface area contributed by atoms with E-state index in [0.29, 0.717) is 43.8 Å². The van der Waals surface area contributed by atoms with Gasteiger partial charge in [0.2, 0.25) is 11.8 Å². The lowest BCUT2D eigenvalue weighted by Crippen LogP contribution is -2.56. The van der Waals surface area contributed by atoms with Gasteiger partial charge in [-0.25, -0.2) is 0 Å². The number of nitrogens with zero attached hydrogens (tertiary/aromatic N) is 4. The molecule has 182 valence electrons. The zero-order valence-electron chi connectivity index (χ0n) is 20.1. The number of hydrogen-bond donors (Lipinski definition) is 0. The van der Waals surface area contributed by atoms with Crippen molar-refractivity contribution in [3.05, 3.63) is 28.8 Å². The third-order valence-electron chi connectivity index (χ3n) is 6.47. The molecule has 2 aliphatic rings. The van der Waals surface area contributed by atoms with E-state index < -0.39 is 0 Å². The molecule has 0 aliphatic carbocycles. The lowest BCUT2D eigenvalue weighted by atomic mass is 9.97. The number of fused-ring (bicyclic) bond motifs is 1. The van der Waals surface area contributed by atoms with Crippen molar-refractivity contribution in [3.8, 4) is 0 Å². The van der Waals surface area contributed by atoms with E-state index in [-0.39, 0.29) is 30.2 Å². The van der Waals surface area contributed by atoms with E-state index in [0.717, 1.165) is 30.8 Å². The van der Waals surface area contributed by atoms with Crippen LogP contribution in [0.1, 0.15) is 32.8 Å². The van der Waals surface area contributed by atoms with Crippen LogP contribution in [0.25, 0.3) is 0 Å². The van der Waals surface area contributed by atoms with Gasteiger partial charge >= 0.3 is 0 Å². The molecule has 0 radical (unpaired) electrons. The van der Waals surface area contributed by atoms with Crippen molar-refractivity contribution in [1.82, 2.24) is 14.7 Å². The number of rotatable bonds is 4. The number of hydrogen-bond acceptors (Lipinski definition) is 5. The second kappa shape index (κ2) is 11.3. The largest absolute Gasteiger partial charge is 0.375 e. The average molecular weight is 479 g/mol. The van der Waals surface area contributed by atoms with Gasteiger partial charge in [-0.05, 0) is 38.0 Å². The monoisotopic (exact) mass is 478 g/mol. The quantitative estimate of drug-likeness (QED) is 0.663. The summed E-state index contributed by atoms with van der Waals surface area (Å²) in [4.78, 5) is 45.6. The maximum atomic E-state index is 13.4. The molecule has 0 spiro atoms. The number of benzene rings is 1. The van der Waals surface area contributed by atoms with E-state index >= 15 is 0 Å². The van der Waals surface area contributed by atoms with E-state index in [1.165, 1.54) is 14.0 Å². The number of carbonyl (C=O) groups excluding carboxylic acids is 3. The van der Waals surface area contributed by atoms with Crippen LogP contribution in [0.15, 0.2) is 18.2 Å². The van der Waals surface area contributed by atoms with E-state index in [4.69, 9.17) is 16.3 Å². The van der Waals surface area contributed by atoms with E-state index in [2.05, 4.69) is 18.7 Å². The minimum atomic E-state index is -0.187. The molecule has 3 amide bonds. The number of ether oxygens (including phenoxy) is 1. The van der Waals surface area contributed by atoms with E-state index in [9.17, 15) is 14.4 Å². The molecule has 0 atom stereocenters. The summed E-state index contributed by atoms with van der Waals surface area (Å²) in [7, 11) is 1.51. The topological polar surface area (TPSA) is 73.4 Å². The lowest BCUT2D eigenvalue weighted by molar-refractivity contribution is -0.148. The maximum absolute atomic E-state index is 13.4. The fourth-order valence-corrected chi connectivity index (χ4v) is 4.60. The second-order valence-electron chi connectivity index (χ2n) is 9.12. The highest BCUT2D eigenvalue weighted by Crippen LogP contribution is 2.29. The van der Waals surface area contributed by atoms with Crippen molar-refractivity contribution in [2.45, 2.75) is 39.8 Å². The smallest absolute Gasteiger partial charge is 0.252 e. The molecule has 8 nitrogen and oxygen atoms in total. The van der Waals surface area contributed by atoms with Crippen LogP contribution >= 0.6 is 11.6 Å². The minimum Gasteiger partial charge on any atom is -0.375 e. The summed E-state index contributed by atoms with van der Waals surface area (Å²) in [6.07, 6.45) is 0.795. The molecule has 0 bridgehead atoms.